The van der Waals surface area contributed by atoms with Gasteiger partial charge >= 0.3 is 5.97 Å². The number of nitrogens with zero attached hydrogens (tertiary/aromatic N) is 1. The van der Waals surface area contributed by atoms with Crippen LogP contribution in [0, 0.1) is 0 Å². The Labute approximate surface area is 173 Å². The van der Waals surface area contributed by atoms with Gasteiger partial charge in [-0.2, -0.15) is 0 Å². The molecule has 7 heteroatoms. The van der Waals surface area contributed by atoms with E-state index in [2.05, 4.69) is 5.32 Å². The number of nitrogens with one attached hydrogen (secondary N) is 1. The zero-order chi connectivity index (χ0) is 21.7. The smallest absolute Gasteiger partial charge is 0.339 e. The normalized spacial score (nSPS) is 10.7. The number of carbonyl (C=O) groups excluding carboxylic acids is 2. The fraction of sp³-hybridized carbons (Fsp3) is 0.261. The van der Waals surface area contributed by atoms with E-state index in [-0.39, 0.29) is 29.2 Å². The van der Waals surface area contributed by atoms with Crippen LogP contribution in [0.3, 0.4) is 0 Å². The van der Waals surface area contributed by atoms with Crippen LogP contribution in [0.25, 0.3) is 10.9 Å². The largest absolute Gasteiger partial charge is 0.506 e. The molecule has 30 heavy (non-hydrogen) atoms. The summed E-state index contributed by atoms with van der Waals surface area (Å²) in [6.07, 6.45) is 1.28. The second kappa shape index (κ2) is 9.26. The van der Waals surface area contributed by atoms with E-state index in [9.17, 15) is 19.5 Å². The van der Waals surface area contributed by atoms with E-state index in [0.29, 0.717) is 30.3 Å². The number of hydrogen-bond donors (Lipinski definition) is 2. The van der Waals surface area contributed by atoms with Crippen molar-refractivity contribution in [1.82, 2.24) is 4.57 Å². The van der Waals surface area contributed by atoms with Crippen molar-refractivity contribution in [2.24, 2.45) is 0 Å². The minimum Gasteiger partial charge on any atom is -0.506 e. The number of pyridine rings is 1. The number of esters is 1. The lowest BCUT2D eigenvalue weighted by atomic mass is 10.0. The summed E-state index contributed by atoms with van der Waals surface area (Å²) in [4.78, 5) is 39.3. The molecule has 0 atom stereocenters. The van der Waals surface area contributed by atoms with Crippen molar-refractivity contribution >= 4 is 28.5 Å². The number of phenolic OH excluding ortho intramolecular Hbond substituents is 1. The molecule has 0 saturated carbocycles. The van der Waals surface area contributed by atoms with Crippen molar-refractivity contribution in [3.8, 4) is 5.75 Å². The Morgan fingerprint density at radius 2 is 1.70 bits per heavy atom. The molecule has 1 amide bonds. The van der Waals surface area contributed by atoms with Crippen molar-refractivity contribution < 1.29 is 19.4 Å². The minimum atomic E-state index is -0.777. The first-order valence-corrected chi connectivity index (χ1v) is 9.91. The summed E-state index contributed by atoms with van der Waals surface area (Å²) >= 11 is 0. The molecule has 0 saturated heterocycles. The number of para-hydroxylation sites is 3. The average molecular weight is 408 g/mol. The molecule has 0 bridgehead atoms. The molecule has 0 unspecified atom stereocenters. The maximum atomic E-state index is 13.3. The fourth-order valence-corrected chi connectivity index (χ4v) is 3.31. The predicted molar refractivity (Wildman–Crippen MR) is 115 cm³/mol. The van der Waals surface area contributed by atoms with Gasteiger partial charge in [-0.1, -0.05) is 44.2 Å². The van der Waals surface area contributed by atoms with Gasteiger partial charge in [-0.25, -0.2) is 4.79 Å². The summed E-state index contributed by atoms with van der Waals surface area (Å²) in [7, 11) is 0. The molecule has 2 aromatic carbocycles. The molecule has 0 radical (unpaired) electrons. The summed E-state index contributed by atoms with van der Waals surface area (Å²) in [6, 6.07) is 13.1. The number of hydrogen-bond acceptors (Lipinski definition) is 5. The summed E-state index contributed by atoms with van der Waals surface area (Å²) in [5, 5.41) is 13.0. The molecule has 3 aromatic rings. The van der Waals surface area contributed by atoms with Crippen molar-refractivity contribution in [1.29, 1.82) is 0 Å². The third-order valence-corrected chi connectivity index (χ3v) is 4.64. The zero-order valence-corrected chi connectivity index (χ0v) is 17.0. The fourth-order valence-electron chi connectivity index (χ4n) is 3.31. The molecular weight excluding hydrogens is 384 g/mol. The zero-order valence-electron chi connectivity index (χ0n) is 17.0. The van der Waals surface area contributed by atoms with Crippen molar-refractivity contribution in [2.75, 3.05) is 11.9 Å². The number of aromatic hydroxyl groups is 1. The Morgan fingerprint density at radius 3 is 2.40 bits per heavy atom. The number of aromatic nitrogens is 1. The van der Waals surface area contributed by atoms with Crippen molar-refractivity contribution in [3.05, 3.63) is 70.0 Å². The van der Waals surface area contributed by atoms with Crippen LogP contribution in [-0.2, 0) is 11.3 Å². The molecule has 1 aromatic heterocycles. The molecule has 2 N–H and O–H groups in total. The first-order chi connectivity index (χ1) is 14.5. The number of benzene rings is 2. The Morgan fingerprint density at radius 1 is 1.00 bits per heavy atom. The number of amides is 1. The van der Waals surface area contributed by atoms with Crippen LogP contribution in [0.1, 0.15) is 47.4 Å². The van der Waals surface area contributed by atoms with E-state index in [1.54, 1.807) is 36.4 Å². The number of rotatable bonds is 7. The number of anilines is 1. The number of ether oxygens (including phenoxy) is 1. The SMILES string of the molecule is CCCOC(=O)c1c(C(=O)Nc2ccccc2O)c(=O)n(CCC)c2ccccc12. The quantitative estimate of drug-likeness (QED) is 0.456. The van der Waals surface area contributed by atoms with Crippen molar-refractivity contribution in [3.63, 3.8) is 0 Å². The minimum absolute atomic E-state index is 0.0654. The molecule has 0 fully saturated rings. The van der Waals surface area contributed by atoms with Gasteiger partial charge in [0.25, 0.3) is 11.5 Å². The topological polar surface area (TPSA) is 97.6 Å². The van der Waals surface area contributed by atoms with E-state index in [1.165, 1.54) is 16.7 Å². The standard InChI is InChI=1S/C23H24N2O5/c1-3-13-25-17-11-7-5-9-15(17)19(23(29)30-14-4-2)20(22(25)28)21(27)24-16-10-6-8-12-18(16)26/h5-12,26H,3-4,13-14H2,1-2H3,(H,24,27). The molecule has 1 heterocycles. The van der Waals surface area contributed by atoms with E-state index >= 15 is 0 Å². The van der Waals surface area contributed by atoms with Gasteiger partial charge < -0.3 is 19.7 Å². The molecule has 0 aliphatic heterocycles. The van der Waals surface area contributed by atoms with Crippen LogP contribution >= 0.6 is 0 Å². The maximum absolute atomic E-state index is 13.3. The Hall–Kier alpha value is -3.61. The van der Waals surface area contributed by atoms with E-state index in [0.717, 1.165) is 0 Å². The molecule has 0 aliphatic rings. The third kappa shape index (κ3) is 4.05. The second-order valence-corrected chi connectivity index (χ2v) is 6.83. The summed E-state index contributed by atoms with van der Waals surface area (Å²) in [6.45, 7) is 4.34. The van der Waals surface area contributed by atoms with Crippen LogP contribution < -0.4 is 10.9 Å². The van der Waals surface area contributed by atoms with Gasteiger partial charge in [0.05, 0.1) is 23.4 Å². The second-order valence-electron chi connectivity index (χ2n) is 6.83. The Bertz CT molecular complexity index is 1150. The van der Waals surface area contributed by atoms with Crippen LogP contribution in [0.4, 0.5) is 5.69 Å². The van der Waals surface area contributed by atoms with Gasteiger partial charge in [-0.15, -0.1) is 0 Å². The first-order valence-electron chi connectivity index (χ1n) is 9.91. The monoisotopic (exact) mass is 408 g/mol. The highest BCUT2D eigenvalue weighted by molar-refractivity contribution is 6.16. The average Bonchev–Trinajstić information content (AvgIpc) is 2.75. The molecule has 0 spiro atoms. The van der Waals surface area contributed by atoms with Gasteiger partial charge in [0.15, 0.2) is 0 Å². The highest BCUT2D eigenvalue weighted by atomic mass is 16.5. The molecule has 0 aliphatic carbocycles. The van der Waals surface area contributed by atoms with Crippen LogP contribution in [0.5, 0.6) is 5.75 Å². The molecule has 3 rings (SSSR count). The Kier molecular flexibility index (Phi) is 6.51. The highest BCUT2D eigenvalue weighted by Crippen LogP contribution is 2.25. The molecular formula is C23H24N2O5. The lowest BCUT2D eigenvalue weighted by Crippen LogP contribution is -2.33. The van der Waals surface area contributed by atoms with Gasteiger partial charge in [-0.05, 0) is 31.0 Å². The third-order valence-electron chi connectivity index (χ3n) is 4.64. The van der Waals surface area contributed by atoms with Gasteiger partial charge in [0.1, 0.15) is 11.3 Å². The van der Waals surface area contributed by atoms with Crippen LogP contribution in [-0.4, -0.2) is 28.2 Å². The van der Waals surface area contributed by atoms with Gasteiger partial charge in [0.2, 0.25) is 0 Å². The maximum Gasteiger partial charge on any atom is 0.339 e. The highest BCUT2D eigenvalue weighted by Gasteiger charge is 2.27. The van der Waals surface area contributed by atoms with Crippen LogP contribution in [0.15, 0.2) is 53.3 Å². The van der Waals surface area contributed by atoms with Crippen LogP contribution in [0.2, 0.25) is 0 Å². The van der Waals surface area contributed by atoms with E-state index in [1.807, 2.05) is 13.8 Å². The molecule has 7 nitrogen and oxygen atoms in total. The molecule has 156 valence electrons. The number of carbonyl (C=O) groups is 2. The number of phenols is 1. The predicted octanol–water partition coefficient (Wildman–Crippen LogP) is 3.94. The van der Waals surface area contributed by atoms with Gasteiger partial charge in [0, 0.05) is 11.9 Å². The summed E-state index contributed by atoms with van der Waals surface area (Å²) < 4.78 is 6.78. The van der Waals surface area contributed by atoms with Crippen molar-refractivity contribution in [2.45, 2.75) is 33.2 Å². The van der Waals surface area contributed by atoms with E-state index in [4.69, 9.17) is 4.74 Å². The van der Waals surface area contributed by atoms with Gasteiger partial charge in [-0.3, -0.25) is 9.59 Å². The number of fused-ring (bicyclic) bond motifs is 1. The van der Waals surface area contributed by atoms with E-state index < -0.39 is 17.4 Å². The lowest BCUT2D eigenvalue weighted by Gasteiger charge is -2.17. The summed E-state index contributed by atoms with van der Waals surface area (Å²) in [5.74, 6) is -1.65. The first kappa shape index (κ1) is 21.1. The summed E-state index contributed by atoms with van der Waals surface area (Å²) in [5.41, 5.74) is -0.236. The lowest BCUT2D eigenvalue weighted by molar-refractivity contribution is 0.0504. The number of aryl methyl sites for hydroxylation is 1. The Balaban J connectivity index is 2.25.